The molecule has 0 atom stereocenters. The van der Waals surface area contributed by atoms with Crippen LogP contribution in [-0.4, -0.2) is 0 Å². The quantitative estimate of drug-likeness (QED) is 0.619. The van der Waals surface area contributed by atoms with Gasteiger partial charge in [-0.2, -0.15) is 11.6 Å². The van der Waals surface area contributed by atoms with Crippen LogP contribution in [0.2, 0.25) is 0 Å². The van der Waals surface area contributed by atoms with Gasteiger partial charge in [-0.05, 0) is 6.42 Å². The molecule has 1 aliphatic carbocycles. The normalized spacial score (nSPS) is 14.6. The molecular weight excluding hydrogens is 265 g/mol. The van der Waals surface area contributed by atoms with Crippen molar-refractivity contribution in [2.24, 2.45) is 5.73 Å². The van der Waals surface area contributed by atoms with Crippen molar-refractivity contribution in [3.05, 3.63) is 60.2 Å². The SMILES string of the molecule is N[C-]1CC=CC=C1c1ccccc1.[Pd]. The number of nitrogens with two attached hydrogens (primary N) is 1. The number of rotatable bonds is 1. The molecule has 2 heteroatoms. The average molecular weight is 277 g/mol. The van der Waals surface area contributed by atoms with Gasteiger partial charge in [0.05, 0.1) is 0 Å². The summed E-state index contributed by atoms with van der Waals surface area (Å²) in [4.78, 5) is 0. The first kappa shape index (κ1) is 11.3. The second-order valence-electron chi connectivity index (χ2n) is 3.10. The van der Waals surface area contributed by atoms with Crippen LogP contribution in [0.15, 0.2) is 48.6 Å². The minimum atomic E-state index is 0. The van der Waals surface area contributed by atoms with Gasteiger partial charge in [-0.25, -0.2) is 0 Å². The van der Waals surface area contributed by atoms with Crippen LogP contribution in [0.5, 0.6) is 0 Å². The van der Waals surface area contributed by atoms with Crippen molar-refractivity contribution in [1.82, 2.24) is 0 Å². The Bertz CT molecular complexity index is 341. The molecule has 1 aromatic carbocycles. The summed E-state index contributed by atoms with van der Waals surface area (Å²) in [6.45, 7) is 0. The van der Waals surface area contributed by atoms with E-state index in [0.717, 1.165) is 18.0 Å². The average Bonchev–Trinajstić information content (AvgIpc) is 2.20. The molecule has 14 heavy (non-hydrogen) atoms. The van der Waals surface area contributed by atoms with Crippen LogP contribution in [-0.2, 0) is 20.4 Å². The van der Waals surface area contributed by atoms with Crippen LogP contribution in [0.1, 0.15) is 12.0 Å². The summed E-state index contributed by atoms with van der Waals surface area (Å²) in [5.74, 6) is 0. The second-order valence-corrected chi connectivity index (χ2v) is 3.10. The zero-order valence-electron chi connectivity index (χ0n) is 7.72. The number of hydrogen-bond donors (Lipinski definition) is 1. The van der Waals surface area contributed by atoms with Gasteiger partial charge in [0.15, 0.2) is 0 Å². The topological polar surface area (TPSA) is 26.0 Å². The van der Waals surface area contributed by atoms with Gasteiger partial charge in [0.25, 0.3) is 0 Å². The van der Waals surface area contributed by atoms with E-state index in [1.807, 2.05) is 18.2 Å². The Balaban J connectivity index is 0.000000980. The van der Waals surface area contributed by atoms with Crippen molar-refractivity contribution in [2.75, 3.05) is 0 Å². The van der Waals surface area contributed by atoms with Crippen LogP contribution in [0, 0.1) is 6.04 Å². The van der Waals surface area contributed by atoms with Crippen molar-refractivity contribution >= 4 is 5.57 Å². The molecule has 0 aromatic heterocycles. The van der Waals surface area contributed by atoms with E-state index in [0.29, 0.717) is 0 Å². The molecule has 0 spiro atoms. The molecule has 0 bridgehead atoms. The van der Waals surface area contributed by atoms with E-state index in [9.17, 15) is 0 Å². The van der Waals surface area contributed by atoms with E-state index in [-0.39, 0.29) is 20.4 Å². The Morgan fingerprint density at radius 3 is 2.50 bits per heavy atom. The number of allylic oxidation sites excluding steroid dienone is 2. The molecule has 0 heterocycles. The molecule has 1 nitrogen and oxygen atoms in total. The molecule has 0 fully saturated rings. The summed E-state index contributed by atoms with van der Waals surface area (Å²) in [6, 6.07) is 11.2. The molecule has 1 aromatic rings. The Kier molecular flexibility index (Phi) is 4.16. The molecule has 0 saturated carbocycles. The fourth-order valence-corrected chi connectivity index (χ4v) is 1.48. The molecule has 0 radical (unpaired) electrons. The summed E-state index contributed by atoms with van der Waals surface area (Å²) in [7, 11) is 0. The fraction of sp³-hybridized carbons (Fsp3) is 0.0833. The minimum absolute atomic E-state index is 0. The molecule has 0 unspecified atom stereocenters. The van der Waals surface area contributed by atoms with Gasteiger partial charge in [-0.1, -0.05) is 18.2 Å². The number of hydrogen-bond acceptors (Lipinski definition) is 1. The van der Waals surface area contributed by atoms with E-state index in [1.54, 1.807) is 0 Å². The van der Waals surface area contributed by atoms with Crippen molar-refractivity contribution < 1.29 is 20.4 Å². The second kappa shape index (κ2) is 5.17. The molecule has 1 aliphatic rings. The van der Waals surface area contributed by atoms with Crippen molar-refractivity contribution in [3.63, 3.8) is 0 Å². The molecule has 0 amide bonds. The van der Waals surface area contributed by atoms with E-state index < -0.39 is 0 Å². The maximum atomic E-state index is 5.91. The van der Waals surface area contributed by atoms with Gasteiger partial charge in [0, 0.05) is 20.4 Å². The Labute approximate surface area is 98.4 Å². The van der Waals surface area contributed by atoms with E-state index in [1.165, 1.54) is 5.56 Å². The van der Waals surface area contributed by atoms with Crippen LogP contribution < -0.4 is 5.73 Å². The van der Waals surface area contributed by atoms with Gasteiger partial charge < -0.3 is 5.73 Å². The summed E-state index contributed by atoms with van der Waals surface area (Å²) in [5, 5.41) is 0. The Hall–Kier alpha value is -0.808. The van der Waals surface area contributed by atoms with Crippen molar-refractivity contribution in [3.8, 4) is 0 Å². The predicted octanol–water partition coefficient (Wildman–Crippen LogP) is 2.52. The predicted molar refractivity (Wildman–Crippen MR) is 55.6 cm³/mol. The maximum absolute atomic E-state index is 5.91. The summed E-state index contributed by atoms with van der Waals surface area (Å²) in [6.07, 6.45) is 7.05. The van der Waals surface area contributed by atoms with Crippen LogP contribution in [0.25, 0.3) is 5.57 Å². The first-order valence-corrected chi connectivity index (χ1v) is 4.42. The Morgan fingerprint density at radius 2 is 1.86 bits per heavy atom. The van der Waals surface area contributed by atoms with Crippen LogP contribution in [0.3, 0.4) is 0 Å². The van der Waals surface area contributed by atoms with E-state index in [4.69, 9.17) is 5.73 Å². The third-order valence-corrected chi connectivity index (χ3v) is 2.17. The van der Waals surface area contributed by atoms with Crippen LogP contribution in [0.4, 0.5) is 0 Å². The molecule has 2 N–H and O–H groups in total. The third kappa shape index (κ3) is 2.36. The largest absolute Gasteiger partial charge is 0.357 e. The summed E-state index contributed by atoms with van der Waals surface area (Å²) < 4.78 is 0. The third-order valence-electron chi connectivity index (χ3n) is 2.17. The van der Waals surface area contributed by atoms with Crippen LogP contribution >= 0.6 is 0 Å². The minimum Gasteiger partial charge on any atom is -0.357 e. The molecule has 76 valence electrons. The Morgan fingerprint density at radius 1 is 1.14 bits per heavy atom. The van der Waals surface area contributed by atoms with Gasteiger partial charge >= 0.3 is 0 Å². The smallest absolute Gasteiger partial charge is 0 e. The maximum Gasteiger partial charge on any atom is 0 e. The van der Waals surface area contributed by atoms with Gasteiger partial charge in [0.1, 0.15) is 0 Å². The van der Waals surface area contributed by atoms with E-state index in [2.05, 4.69) is 30.4 Å². The fourth-order valence-electron chi connectivity index (χ4n) is 1.48. The van der Waals surface area contributed by atoms with Crippen molar-refractivity contribution in [1.29, 1.82) is 0 Å². The van der Waals surface area contributed by atoms with Gasteiger partial charge in [-0.3, -0.25) is 0 Å². The van der Waals surface area contributed by atoms with Crippen molar-refractivity contribution in [2.45, 2.75) is 6.42 Å². The molecule has 0 saturated heterocycles. The monoisotopic (exact) mass is 276 g/mol. The molecule has 2 rings (SSSR count). The molecular formula is C12H12NPd-. The first-order chi connectivity index (χ1) is 6.38. The number of benzene rings is 1. The summed E-state index contributed by atoms with van der Waals surface area (Å²) >= 11 is 0. The summed E-state index contributed by atoms with van der Waals surface area (Å²) in [5.41, 5.74) is 8.26. The zero-order valence-corrected chi connectivity index (χ0v) is 9.27. The van der Waals surface area contributed by atoms with E-state index >= 15 is 0 Å². The molecule has 0 aliphatic heterocycles. The standard InChI is InChI=1S/C12H12N.Pd/c13-12-9-5-4-8-11(12)10-6-2-1-3-7-10;/h1-8H,9,13H2;/q-1;. The zero-order chi connectivity index (χ0) is 9.10. The van der Waals surface area contributed by atoms with Gasteiger partial charge in [-0.15, -0.1) is 35.9 Å². The first-order valence-electron chi connectivity index (χ1n) is 4.42. The van der Waals surface area contributed by atoms with Gasteiger partial charge in [0.2, 0.25) is 0 Å².